The molecular weight excluding hydrogens is 414 g/mol. The minimum Gasteiger partial charge on any atom is -0.496 e. The SMILES string of the molecule is COc1ccc(C(=O)CN(Cc2ccccc2)C(C)(C)CCc2ccccc2)cc1C(=O)O. The van der Waals surface area contributed by atoms with Gasteiger partial charge >= 0.3 is 5.97 Å². The van der Waals surface area contributed by atoms with Gasteiger partial charge in [-0.1, -0.05) is 60.7 Å². The average Bonchev–Trinajstić information content (AvgIpc) is 2.83. The second-order valence-electron chi connectivity index (χ2n) is 8.78. The van der Waals surface area contributed by atoms with Crippen molar-refractivity contribution in [1.82, 2.24) is 4.90 Å². The van der Waals surface area contributed by atoms with E-state index in [2.05, 4.69) is 43.0 Å². The van der Waals surface area contributed by atoms with Crippen molar-refractivity contribution >= 4 is 11.8 Å². The quantitative estimate of drug-likeness (QED) is 0.395. The Morgan fingerprint density at radius 1 is 0.909 bits per heavy atom. The minimum absolute atomic E-state index is 0.0127. The van der Waals surface area contributed by atoms with Crippen molar-refractivity contribution in [2.24, 2.45) is 0 Å². The van der Waals surface area contributed by atoms with Crippen LogP contribution in [0.3, 0.4) is 0 Å². The summed E-state index contributed by atoms with van der Waals surface area (Å²) < 4.78 is 5.13. The zero-order valence-corrected chi connectivity index (χ0v) is 19.5. The van der Waals surface area contributed by atoms with Gasteiger partial charge < -0.3 is 9.84 Å². The van der Waals surface area contributed by atoms with E-state index in [1.165, 1.54) is 18.7 Å². The van der Waals surface area contributed by atoms with Gasteiger partial charge in [-0.05, 0) is 56.0 Å². The van der Waals surface area contributed by atoms with Crippen LogP contribution in [0.15, 0.2) is 78.9 Å². The van der Waals surface area contributed by atoms with Crippen molar-refractivity contribution in [3.8, 4) is 5.75 Å². The van der Waals surface area contributed by atoms with Crippen LogP contribution in [0.2, 0.25) is 0 Å². The molecule has 0 atom stereocenters. The highest BCUT2D eigenvalue weighted by atomic mass is 16.5. The zero-order chi connectivity index (χ0) is 23.8. The van der Waals surface area contributed by atoms with Gasteiger partial charge in [0.2, 0.25) is 0 Å². The van der Waals surface area contributed by atoms with E-state index in [0.29, 0.717) is 12.1 Å². The van der Waals surface area contributed by atoms with Crippen LogP contribution < -0.4 is 4.74 Å². The molecule has 3 aromatic rings. The van der Waals surface area contributed by atoms with Crippen molar-refractivity contribution in [3.63, 3.8) is 0 Å². The molecule has 5 heteroatoms. The Hall–Kier alpha value is -3.44. The lowest BCUT2D eigenvalue weighted by molar-refractivity contribution is 0.0693. The van der Waals surface area contributed by atoms with Crippen LogP contribution in [0.1, 0.15) is 52.1 Å². The highest BCUT2D eigenvalue weighted by molar-refractivity contribution is 6.01. The fraction of sp³-hybridized carbons (Fsp3) is 0.286. The second kappa shape index (κ2) is 10.9. The third-order valence-electron chi connectivity index (χ3n) is 6.03. The molecule has 3 rings (SSSR count). The summed E-state index contributed by atoms with van der Waals surface area (Å²) in [6.45, 7) is 5.12. The maximum Gasteiger partial charge on any atom is 0.339 e. The molecule has 5 nitrogen and oxygen atoms in total. The number of carbonyl (C=O) groups excluding carboxylic acids is 1. The summed E-state index contributed by atoms with van der Waals surface area (Å²) in [5.41, 5.74) is 2.48. The van der Waals surface area contributed by atoms with Crippen molar-refractivity contribution in [2.75, 3.05) is 13.7 Å². The van der Waals surface area contributed by atoms with Crippen molar-refractivity contribution < 1.29 is 19.4 Å². The summed E-state index contributed by atoms with van der Waals surface area (Å²) in [4.78, 5) is 27.0. The maximum absolute atomic E-state index is 13.3. The highest BCUT2D eigenvalue weighted by Crippen LogP contribution is 2.26. The molecule has 0 radical (unpaired) electrons. The van der Waals surface area contributed by atoms with Crippen LogP contribution in [0, 0.1) is 0 Å². The van der Waals surface area contributed by atoms with E-state index in [0.717, 1.165) is 18.4 Å². The van der Waals surface area contributed by atoms with Gasteiger partial charge in [0, 0.05) is 17.6 Å². The number of carboxylic acids is 1. The Morgan fingerprint density at radius 2 is 1.52 bits per heavy atom. The predicted octanol–water partition coefficient (Wildman–Crippen LogP) is 5.49. The molecule has 0 fully saturated rings. The van der Waals surface area contributed by atoms with Gasteiger partial charge in [-0.15, -0.1) is 0 Å². The Bertz CT molecular complexity index is 1080. The fourth-order valence-corrected chi connectivity index (χ4v) is 3.85. The van der Waals surface area contributed by atoms with E-state index in [-0.39, 0.29) is 29.2 Å². The lowest BCUT2D eigenvalue weighted by Gasteiger charge is -2.38. The number of aryl methyl sites for hydroxylation is 1. The number of hydrogen-bond acceptors (Lipinski definition) is 4. The van der Waals surface area contributed by atoms with E-state index in [9.17, 15) is 14.7 Å². The Labute approximate surface area is 195 Å². The lowest BCUT2D eigenvalue weighted by Crippen LogP contribution is -2.46. The van der Waals surface area contributed by atoms with Crippen LogP contribution in [0.4, 0.5) is 0 Å². The molecule has 0 spiro atoms. The number of rotatable bonds is 11. The van der Waals surface area contributed by atoms with E-state index in [1.807, 2.05) is 36.4 Å². The number of benzene rings is 3. The maximum atomic E-state index is 13.3. The summed E-state index contributed by atoms with van der Waals surface area (Å²) >= 11 is 0. The fourth-order valence-electron chi connectivity index (χ4n) is 3.85. The normalized spacial score (nSPS) is 11.4. The smallest absolute Gasteiger partial charge is 0.339 e. The van der Waals surface area contributed by atoms with Crippen LogP contribution in [-0.4, -0.2) is 41.0 Å². The van der Waals surface area contributed by atoms with E-state index in [1.54, 1.807) is 12.1 Å². The first kappa shape index (κ1) is 24.2. The first-order valence-electron chi connectivity index (χ1n) is 11.1. The standard InChI is InChI=1S/C28H31NO4/c1-28(2,17-16-21-10-6-4-7-11-21)29(19-22-12-8-5-9-13-22)20-25(30)23-14-15-26(33-3)24(18-23)27(31)32/h4-15,18H,16-17,19-20H2,1-3H3,(H,31,32). The highest BCUT2D eigenvalue weighted by Gasteiger charge is 2.29. The molecule has 3 aromatic carbocycles. The molecule has 0 bridgehead atoms. The summed E-state index contributed by atoms with van der Waals surface area (Å²) in [6.07, 6.45) is 1.78. The predicted molar refractivity (Wildman–Crippen MR) is 130 cm³/mol. The van der Waals surface area contributed by atoms with Crippen LogP contribution >= 0.6 is 0 Å². The number of hydrogen-bond donors (Lipinski definition) is 1. The molecule has 0 aliphatic rings. The Kier molecular flexibility index (Phi) is 8.01. The zero-order valence-electron chi connectivity index (χ0n) is 19.5. The Morgan fingerprint density at radius 3 is 2.09 bits per heavy atom. The van der Waals surface area contributed by atoms with Gasteiger partial charge in [-0.25, -0.2) is 4.79 Å². The molecule has 0 aliphatic carbocycles. The third kappa shape index (κ3) is 6.53. The average molecular weight is 446 g/mol. The summed E-state index contributed by atoms with van der Waals surface area (Å²) in [5.74, 6) is -1.00. The molecule has 0 saturated heterocycles. The number of Topliss-reactive ketones (excluding diaryl/α,β-unsaturated/α-hetero) is 1. The minimum atomic E-state index is -1.12. The second-order valence-corrected chi connectivity index (χ2v) is 8.78. The molecule has 0 heterocycles. The largest absolute Gasteiger partial charge is 0.496 e. The molecule has 33 heavy (non-hydrogen) atoms. The van der Waals surface area contributed by atoms with Crippen molar-refractivity contribution in [2.45, 2.75) is 38.8 Å². The van der Waals surface area contributed by atoms with Crippen LogP contribution in [-0.2, 0) is 13.0 Å². The summed E-state index contributed by atoms with van der Waals surface area (Å²) in [7, 11) is 1.42. The number of nitrogens with zero attached hydrogens (tertiary/aromatic N) is 1. The van der Waals surface area contributed by atoms with Crippen LogP contribution in [0.25, 0.3) is 0 Å². The first-order chi connectivity index (χ1) is 15.8. The number of methoxy groups -OCH3 is 1. The number of carbonyl (C=O) groups is 2. The van der Waals surface area contributed by atoms with Gasteiger partial charge in [0.05, 0.1) is 13.7 Å². The number of carboxylic acid groups (broad SMARTS) is 1. The molecule has 0 saturated carbocycles. The summed E-state index contributed by atoms with van der Waals surface area (Å²) in [5, 5.41) is 9.49. The lowest BCUT2D eigenvalue weighted by atomic mass is 9.92. The van der Waals surface area contributed by atoms with Gasteiger partial charge in [0.1, 0.15) is 11.3 Å². The Balaban J connectivity index is 1.83. The first-order valence-corrected chi connectivity index (χ1v) is 11.1. The van der Waals surface area contributed by atoms with Crippen LogP contribution in [0.5, 0.6) is 5.75 Å². The van der Waals surface area contributed by atoms with Gasteiger partial charge in [0.15, 0.2) is 5.78 Å². The topological polar surface area (TPSA) is 66.8 Å². The molecular formula is C28H31NO4. The number of aromatic carboxylic acids is 1. The van der Waals surface area contributed by atoms with Gasteiger partial charge in [-0.3, -0.25) is 9.69 Å². The summed E-state index contributed by atoms with van der Waals surface area (Å²) in [6, 6.07) is 25.0. The molecule has 172 valence electrons. The third-order valence-corrected chi connectivity index (χ3v) is 6.03. The molecule has 0 amide bonds. The van der Waals surface area contributed by atoms with Gasteiger partial charge in [0.25, 0.3) is 0 Å². The van der Waals surface area contributed by atoms with Crippen molar-refractivity contribution in [1.29, 1.82) is 0 Å². The monoisotopic (exact) mass is 445 g/mol. The molecule has 1 N–H and O–H groups in total. The molecule has 0 unspecified atom stereocenters. The van der Waals surface area contributed by atoms with Gasteiger partial charge in [-0.2, -0.15) is 0 Å². The van der Waals surface area contributed by atoms with Crippen molar-refractivity contribution in [3.05, 3.63) is 101 Å². The van der Waals surface area contributed by atoms with E-state index in [4.69, 9.17) is 4.74 Å². The van der Waals surface area contributed by atoms with E-state index < -0.39 is 5.97 Å². The number of ketones is 1. The molecule has 0 aliphatic heterocycles. The van der Waals surface area contributed by atoms with E-state index >= 15 is 0 Å². The molecule has 0 aromatic heterocycles. The number of ether oxygens (including phenoxy) is 1.